The highest BCUT2D eigenvalue weighted by atomic mass is 19.1. The summed E-state index contributed by atoms with van der Waals surface area (Å²) in [6.45, 7) is 14.1. The second kappa shape index (κ2) is 19.4. The molecule has 4 aliphatic carbocycles. The number of amides is 1. The molecule has 0 aromatic carbocycles. The Morgan fingerprint density at radius 1 is 1.00 bits per heavy atom. The van der Waals surface area contributed by atoms with Crippen molar-refractivity contribution in [2.24, 2.45) is 40.4 Å². The zero-order valence-electron chi connectivity index (χ0n) is 37.5. The van der Waals surface area contributed by atoms with Crippen molar-refractivity contribution in [3.63, 3.8) is 0 Å². The molecule has 2 saturated heterocycles. The zero-order chi connectivity index (χ0) is 44.6. The van der Waals surface area contributed by atoms with Crippen LogP contribution in [0.2, 0.25) is 0 Å². The van der Waals surface area contributed by atoms with Crippen molar-refractivity contribution in [2.75, 3.05) is 19.6 Å². The van der Waals surface area contributed by atoms with Gasteiger partial charge in [-0.05, 0) is 133 Å². The van der Waals surface area contributed by atoms with E-state index in [1.165, 1.54) is 12.2 Å². The average molecular weight is 863 g/mol. The Morgan fingerprint density at radius 2 is 1.74 bits per heavy atom. The Kier molecular flexibility index (Phi) is 15.3. The van der Waals surface area contributed by atoms with E-state index in [0.717, 1.165) is 12.8 Å². The first kappa shape index (κ1) is 48.2. The molecule has 346 valence electrons. The molecule has 5 fully saturated rings. The number of alkyl halides is 1. The van der Waals surface area contributed by atoms with Gasteiger partial charge in [0.15, 0.2) is 12.1 Å². The van der Waals surface area contributed by atoms with E-state index in [1.807, 2.05) is 32.6 Å². The first-order chi connectivity index (χ1) is 28.7. The fraction of sp³-hybridized carbons (Fsp3) is 0.851. The van der Waals surface area contributed by atoms with Gasteiger partial charge in [0, 0.05) is 35.9 Å². The van der Waals surface area contributed by atoms with E-state index in [9.17, 15) is 39.9 Å². The van der Waals surface area contributed by atoms with Gasteiger partial charge < -0.3 is 45.1 Å². The molecule has 0 aromatic heterocycles. The summed E-state index contributed by atoms with van der Waals surface area (Å²) in [6, 6.07) is -0.597. The summed E-state index contributed by atoms with van der Waals surface area (Å²) in [5.74, 6) is -2.93. The first-order valence-electron chi connectivity index (χ1n) is 23.3. The van der Waals surface area contributed by atoms with E-state index < -0.39 is 89.4 Å². The van der Waals surface area contributed by atoms with Gasteiger partial charge in [0.25, 0.3) is 5.91 Å². The van der Waals surface area contributed by atoms with Crippen LogP contribution in [0.25, 0.3) is 0 Å². The molecule has 0 radical (unpaired) electrons. The lowest BCUT2D eigenvalue weighted by Gasteiger charge is -2.60. The quantitative estimate of drug-likeness (QED) is 0.150. The number of rotatable bonds is 8. The van der Waals surface area contributed by atoms with Crippen LogP contribution >= 0.6 is 0 Å². The summed E-state index contributed by atoms with van der Waals surface area (Å²) < 4.78 is 34.2. The maximum atomic E-state index is 15.8. The molecule has 3 saturated carbocycles. The van der Waals surface area contributed by atoms with Crippen LogP contribution in [0.3, 0.4) is 0 Å². The van der Waals surface area contributed by atoms with Crippen LogP contribution in [0.15, 0.2) is 23.8 Å². The Balaban J connectivity index is 1.12. The Labute approximate surface area is 361 Å². The summed E-state index contributed by atoms with van der Waals surface area (Å²) in [5, 5.41) is 61.4. The monoisotopic (exact) mass is 863 g/mol. The maximum absolute atomic E-state index is 15.8. The lowest BCUT2D eigenvalue weighted by molar-refractivity contribution is -0.236. The first-order valence-corrected chi connectivity index (χ1v) is 23.3. The van der Waals surface area contributed by atoms with E-state index in [2.05, 4.69) is 5.32 Å². The van der Waals surface area contributed by atoms with Crippen LogP contribution in [0.1, 0.15) is 126 Å². The Bertz CT molecular complexity index is 1630. The number of esters is 1. The fourth-order valence-corrected chi connectivity index (χ4v) is 12.5. The summed E-state index contributed by atoms with van der Waals surface area (Å²) in [6.07, 6.45) is 2.38. The van der Waals surface area contributed by atoms with Crippen molar-refractivity contribution in [3.05, 3.63) is 23.8 Å². The van der Waals surface area contributed by atoms with Crippen LogP contribution in [-0.2, 0) is 28.6 Å². The van der Waals surface area contributed by atoms with E-state index in [-0.39, 0.29) is 67.8 Å². The van der Waals surface area contributed by atoms with Crippen LogP contribution in [0.5, 0.6) is 0 Å². The molecular formula is C47H75FN2O11. The summed E-state index contributed by atoms with van der Waals surface area (Å²) in [5.41, 5.74) is -3.24. The number of cyclic esters (lactones) is 1. The molecule has 13 nitrogen and oxygen atoms in total. The second-order valence-electron chi connectivity index (χ2n) is 20.2. The molecule has 6 aliphatic rings. The number of nitrogens with one attached hydrogen (secondary N) is 1. The van der Waals surface area contributed by atoms with Gasteiger partial charge in [-0.25, -0.2) is 4.39 Å². The lowest BCUT2D eigenvalue weighted by atomic mass is 9.46. The van der Waals surface area contributed by atoms with Gasteiger partial charge in [0.1, 0.15) is 24.0 Å². The van der Waals surface area contributed by atoms with Gasteiger partial charge in [-0.3, -0.25) is 19.3 Å². The molecule has 0 spiro atoms. The number of carbonyl (C=O) groups excluding carboxylic acids is 3. The number of ether oxygens (including phenoxy) is 3. The van der Waals surface area contributed by atoms with E-state index in [4.69, 9.17) is 14.2 Å². The lowest BCUT2D eigenvalue weighted by Crippen LogP contribution is -2.64. The van der Waals surface area contributed by atoms with Gasteiger partial charge in [-0.15, -0.1) is 0 Å². The molecule has 2 aliphatic heterocycles. The van der Waals surface area contributed by atoms with Crippen molar-refractivity contribution in [3.8, 4) is 0 Å². The third-order valence-corrected chi connectivity index (χ3v) is 16.1. The predicted molar refractivity (Wildman–Crippen MR) is 225 cm³/mol. The number of fused-ring (bicyclic) bond motifs is 5. The van der Waals surface area contributed by atoms with Crippen LogP contribution in [0, 0.1) is 40.4 Å². The van der Waals surface area contributed by atoms with Gasteiger partial charge in [-0.2, -0.15) is 0 Å². The van der Waals surface area contributed by atoms with E-state index >= 15 is 4.39 Å². The second-order valence-corrected chi connectivity index (χ2v) is 20.2. The zero-order valence-corrected chi connectivity index (χ0v) is 37.5. The minimum Gasteiger partial charge on any atom is -0.459 e. The van der Waals surface area contributed by atoms with Crippen molar-refractivity contribution in [1.82, 2.24) is 10.2 Å². The number of carbonyl (C=O) groups is 3. The number of hydrogen-bond donors (Lipinski definition) is 6. The van der Waals surface area contributed by atoms with Crippen molar-refractivity contribution >= 4 is 17.7 Å². The number of ketones is 1. The maximum Gasteiger partial charge on any atom is 0.309 e. The van der Waals surface area contributed by atoms with Gasteiger partial charge >= 0.3 is 5.97 Å². The van der Waals surface area contributed by atoms with Gasteiger partial charge in [0.2, 0.25) is 0 Å². The molecule has 0 bridgehead atoms. The molecule has 6 rings (SSSR count). The standard InChI is InChI=1S/C47H75FN2O11/c1-8-37-41(55)40(54)29(5)50(20-10-13-35(52)42(26(2)22-27(3)43(56)60-37)61-38-14-9-12-28(4)59-38)21-11-19-49-44(57)47(58)18-16-32-31-24-34(48)33-23-30(51)15-17-45(33,6)39(31)36(53)25-46(32,47)7/h15,17,23,26-29,31-32,34-42,52-55,58H,8-14,16,18-22,24-25H2,1-7H3,(H,49,57)/t26-,27+,28?,29+,31?,32?,34-,35+,36-,37+,38?,39?,40+,41+,42?,45-,46-,47-/m0/s1. The summed E-state index contributed by atoms with van der Waals surface area (Å²) in [4.78, 5) is 41.6. The third kappa shape index (κ3) is 9.58. The van der Waals surface area contributed by atoms with Gasteiger partial charge in [0.05, 0.1) is 36.4 Å². The van der Waals surface area contributed by atoms with Gasteiger partial charge in [-0.1, -0.05) is 40.7 Å². The highest BCUT2D eigenvalue weighted by molar-refractivity contribution is 6.01. The summed E-state index contributed by atoms with van der Waals surface area (Å²) in [7, 11) is 0. The van der Waals surface area contributed by atoms with Crippen LogP contribution in [0.4, 0.5) is 4.39 Å². The molecule has 2 heterocycles. The number of nitrogens with zero attached hydrogens (tertiary/aromatic N) is 1. The summed E-state index contributed by atoms with van der Waals surface area (Å²) >= 11 is 0. The fourth-order valence-electron chi connectivity index (χ4n) is 12.5. The number of aliphatic hydroxyl groups is 5. The van der Waals surface area contributed by atoms with Crippen molar-refractivity contribution in [2.45, 2.75) is 192 Å². The SMILES string of the molecule is CC[C@H]1OC(=O)[C@H](C)C[C@H](C)C(OC2CCCC(C)O2)[C@H](O)CCCN(CCCNC(=O)[C@@]2(O)CCC3C4C[C@H](F)C5=CC(=O)C=C[C@]5(C)C4[C@@H](O)C[C@@]32C)[C@H](C)[C@@H](O)[C@@H]1O. The van der Waals surface area contributed by atoms with E-state index in [1.54, 1.807) is 26.8 Å². The third-order valence-electron chi connectivity index (χ3n) is 16.1. The number of halogens is 1. The molecule has 0 aromatic rings. The molecule has 6 N–H and O–H groups in total. The Hall–Kier alpha value is -2.30. The number of aliphatic hydroxyl groups excluding tert-OH is 4. The topological polar surface area (TPSA) is 195 Å². The highest BCUT2D eigenvalue weighted by Gasteiger charge is 2.69. The smallest absolute Gasteiger partial charge is 0.309 e. The highest BCUT2D eigenvalue weighted by Crippen LogP contribution is 2.67. The molecule has 1 amide bonds. The predicted octanol–water partition coefficient (Wildman–Crippen LogP) is 4.30. The molecular weight excluding hydrogens is 788 g/mol. The van der Waals surface area contributed by atoms with Crippen molar-refractivity contribution < 1.29 is 58.5 Å². The molecule has 6 unspecified atom stereocenters. The molecule has 18 atom stereocenters. The molecule has 61 heavy (non-hydrogen) atoms. The van der Waals surface area contributed by atoms with E-state index in [0.29, 0.717) is 57.2 Å². The Morgan fingerprint density at radius 3 is 2.44 bits per heavy atom. The number of allylic oxidation sites excluding steroid dienone is 4. The van der Waals surface area contributed by atoms with Crippen molar-refractivity contribution in [1.29, 1.82) is 0 Å². The minimum atomic E-state index is -1.79. The largest absolute Gasteiger partial charge is 0.459 e. The number of hydrogen-bond acceptors (Lipinski definition) is 12. The molecule has 14 heteroatoms. The normalized spacial score (nSPS) is 46.6. The minimum absolute atomic E-state index is 0.0428. The van der Waals surface area contributed by atoms with Crippen LogP contribution in [-0.4, -0.2) is 135 Å². The average Bonchev–Trinajstić information content (AvgIpc) is 3.48. The van der Waals surface area contributed by atoms with Crippen LogP contribution < -0.4 is 5.32 Å².